The molecule has 0 fully saturated rings. The number of rotatable bonds is 9. The SMILES string of the molecule is O=S(=O)(O)C(F)C(F)(F)C(F)C(F)C(F)C(F)C(F)C(F)C(F)F. The summed E-state index contributed by atoms with van der Waals surface area (Å²) in [5.41, 5.74) is -4.79. The van der Waals surface area contributed by atoms with Gasteiger partial charge in [-0.3, -0.25) is 4.55 Å². The van der Waals surface area contributed by atoms with Crippen molar-refractivity contribution in [1.82, 2.24) is 0 Å². The Morgan fingerprint density at radius 1 is 0.667 bits per heavy atom. The highest BCUT2D eigenvalue weighted by Gasteiger charge is 2.60. The zero-order valence-electron chi connectivity index (χ0n) is 10.9. The van der Waals surface area contributed by atoms with E-state index < -0.39 is 65.0 Å². The van der Waals surface area contributed by atoms with Crippen molar-refractivity contribution in [2.45, 2.75) is 54.9 Å². The lowest BCUT2D eigenvalue weighted by Crippen LogP contribution is -2.53. The van der Waals surface area contributed by atoms with Gasteiger partial charge < -0.3 is 0 Å². The molecule has 0 amide bonds. The normalized spacial score (nSPS) is 22.5. The minimum absolute atomic E-state index is 4.00. The molecule has 15 heteroatoms. The van der Waals surface area contributed by atoms with Crippen molar-refractivity contribution in [3.8, 4) is 0 Å². The van der Waals surface area contributed by atoms with Gasteiger partial charge >= 0.3 is 16.0 Å². The molecule has 7 unspecified atom stereocenters. The third kappa shape index (κ3) is 5.07. The van der Waals surface area contributed by atoms with Crippen molar-refractivity contribution >= 4 is 10.1 Å². The third-order valence-electron chi connectivity index (χ3n) is 2.67. The van der Waals surface area contributed by atoms with Crippen LogP contribution in [-0.2, 0) is 10.1 Å². The molecule has 0 spiro atoms. The van der Waals surface area contributed by atoms with Crippen molar-refractivity contribution < 1.29 is 61.3 Å². The summed E-state index contributed by atoms with van der Waals surface area (Å²) in [5.74, 6) is -5.96. The first kappa shape index (κ1) is 23.1. The molecule has 146 valence electrons. The molecule has 24 heavy (non-hydrogen) atoms. The lowest BCUT2D eigenvalue weighted by molar-refractivity contribution is -0.145. The van der Waals surface area contributed by atoms with E-state index in [-0.39, 0.29) is 0 Å². The van der Waals surface area contributed by atoms with Crippen LogP contribution in [0.5, 0.6) is 0 Å². The van der Waals surface area contributed by atoms with Gasteiger partial charge in [-0.1, -0.05) is 0 Å². The second-order valence-corrected chi connectivity index (χ2v) is 5.91. The molecule has 0 saturated carbocycles. The van der Waals surface area contributed by atoms with Crippen LogP contribution in [-0.4, -0.2) is 67.9 Å². The van der Waals surface area contributed by atoms with Gasteiger partial charge in [0.05, 0.1) is 0 Å². The molecule has 0 aliphatic rings. The van der Waals surface area contributed by atoms with Gasteiger partial charge in [0.15, 0.2) is 30.9 Å². The largest absolute Gasteiger partial charge is 0.328 e. The number of alkyl halides is 11. The van der Waals surface area contributed by atoms with E-state index in [9.17, 15) is 56.7 Å². The van der Waals surface area contributed by atoms with Crippen molar-refractivity contribution in [2.24, 2.45) is 0 Å². The molecule has 0 aromatic carbocycles. The molecule has 0 saturated heterocycles. The molecule has 0 bridgehead atoms. The summed E-state index contributed by atoms with van der Waals surface area (Å²) in [4.78, 5) is 0. The average Bonchev–Trinajstić information content (AvgIpc) is 2.48. The Kier molecular flexibility index (Phi) is 7.73. The third-order valence-corrected chi connectivity index (χ3v) is 3.51. The van der Waals surface area contributed by atoms with Crippen LogP contribution in [0.3, 0.4) is 0 Å². The fourth-order valence-electron chi connectivity index (χ4n) is 1.36. The van der Waals surface area contributed by atoms with Gasteiger partial charge in [0.25, 0.3) is 11.9 Å². The fraction of sp³-hybridized carbons (Fsp3) is 1.00. The van der Waals surface area contributed by atoms with Crippen LogP contribution in [0.1, 0.15) is 0 Å². The molecule has 1 N–H and O–H groups in total. The minimum Gasteiger partial charge on any atom is -0.283 e. The minimum atomic E-state index is -6.30. The Labute approximate surface area is 127 Å². The van der Waals surface area contributed by atoms with Crippen molar-refractivity contribution in [3.63, 3.8) is 0 Å². The summed E-state index contributed by atoms with van der Waals surface area (Å²) in [6, 6.07) is 0. The Hall–Kier alpha value is -0.860. The summed E-state index contributed by atoms with van der Waals surface area (Å²) < 4.78 is 168. The number of halogens is 11. The molecule has 3 nitrogen and oxygen atoms in total. The van der Waals surface area contributed by atoms with Gasteiger partial charge in [0.1, 0.15) is 0 Å². The molecule has 0 radical (unpaired) electrons. The zero-order chi connectivity index (χ0) is 19.6. The monoisotopic (exact) mass is 406 g/mol. The first-order chi connectivity index (χ1) is 10.6. The highest BCUT2D eigenvalue weighted by Crippen LogP contribution is 2.36. The van der Waals surface area contributed by atoms with E-state index >= 15 is 0 Å². The summed E-state index contributed by atoms with van der Waals surface area (Å²) >= 11 is 0. The van der Waals surface area contributed by atoms with Gasteiger partial charge in [-0.25, -0.2) is 39.5 Å². The predicted octanol–water partition coefficient (Wildman–Crippen LogP) is 3.10. The van der Waals surface area contributed by atoms with E-state index in [0.29, 0.717) is 0 Å². The van der Waals surface area contributed by atoms with Crippen molar-refractivity contribution in [2.75, 3.05) is 0 Å². The standard InChI is InChI=1S/C9H9F11O3S/c10-1(3(12)5(14)7(16)17)2(11)4(13)6(15)9(19,20)8(18)24(21,22)23/h1-8H,(H,21,22,23). The molecule has 0 aromatic heterocycles. The van der Waals surface area contributed by atoms with E-state index in [2.05, 4.69) is 0 Å². The van der Waals surface area contributed by atoms with Crippen LogP contribution in [0, 0.1) is 0 Å². The Bertz CT molecular complexity index is 501. The Balaban J connectivity index is 5.28. The van der Waals surface area contributed by atoms with Crippen LogP contribution in [0.4, 0.5) is 48.3 Å². The number of hydrogen-bond donors (Lipinski definition) is 1. The van der Waals surface area contributed by atoms with E-state index in [1.165, 1.54) is 0 Å². The topological polar surface area (TPSA) is 54.4 Å². The van der Waals surface area contributed by atoms with Crippen LogP contribution in [0.2, 0.25) is 0 Å². The maximum absolute atomic E-state index is 13.1. The summed E-state index contributed by atoms with van der Waals surface area (Å²) in [6.45, 7) is 0. The van der Waals surface area contributed by atoms with E-state index in [1.807, 2.05) is 0 Å². The zero-order valence-corrected chi connectivity index (χ0v) is 11.8. The molecule has 0 aromatic rings. The summed E-state index contributed by atoms with van der Waals surface area (Å²) in [6.07, 6.45) is -30.1. The summed E-state index contributed by atoms with van der Waals surface area (Å²) in [7, 11) is -6.30. The molecule has 0 aliphatic carbocycles. The van der Waals surface area contributed by atoms with Crippen LogP contribution in [0.25, 0.3) is 0 Å². The fourth-order valence-corrected chi connectivity index (χ4v) is 1.89. The van der Waals surface area contributed by atoms with E-state index in [0.717, 1.165) is 0 Å². The average molecular weight is 406 g/mol. The van der Waals surface area contributed by atoms with Gasteiger partial charge in [-0.15, -0.1) is 0 Å². The quantitative estimate of drug-likeness (QED) is 0.473. The van der Waals surface area contributed by atoms with Crippen LogP contribution >= 0.6 is 0 Å². The van der Waals surface area contributed by atoms with Gasteiger partial charge in [-0.05, 0) is 0 Å². The Morgan fingerprint density at radius 2 is 1.00 bits per heavy atom. The van der Waals surface area contributed by atoms with Crippen molar-refractivity contribution in [3.05, 3.63) is 0 Å². The lowest BCUT2D eigenvalue weighted by Gasteiger charge is -2.28. The predicted molar refractivity (Wildman–Crippen MR) is 56.8 cm³/mol. The first-order valence-electron chi connectivity index (χ1n) is 5.67. The molecule has 0 rings (SSSR count). The highest BCUT2D eigenvalue weighted by molar-refractivity contribution is 7.86. The second-order valence-electron chi connectivity index (χ2n) is 4.46. The van der Waals surface area contributed by atoms with Gasteiger partial charge in [0.2, 0.25) is 6.17 Å². The molecule has 0 aliphatic heterocycles. The summed E-state index contributed by atoms with van der Waals surface area (Å²) in [5, 5.41) is 0. The maximum atomic E-state index is 13.1. The molecular formula is C9H9F11O3S. The second kappa shape index (κ2) is 8.01. The van der Waals surface area contributed by atoms with Gasteiger partial charge in [-0.2, -0.15) is 17.2 Å². The molecule has 7 atom stereocenters. The highest BCUT2D eigenvalue weighted by atomic mass is 32.2. The van der Waals surface area contributed by atoms with E-state index in [4.69, 9.17) is 4.55 Å². The van der Waals surface area contributed by atoms with Crippen LogP contribution in [0.15, 0.2) is 0 Å². The lowest BCUT2D eigenvalue weighted by atomic mass is 9.99. The number of hydrogen-bond acceptors (Lipinski definition) is 2. The molecule has 0 heterocycles. The van der Waals surface area contributed by atoms with E-state index in [1.54, 1.807) is 0 Å². The smallest absolute Gasteiger partial charge is 0.283 e. The maximum Gasteiger partial charge on any atom is 0.328 e. The van der Waals surface area contributed by atoms with Gasteiger partial charge in [0, 0.05) is 0 Å². The first-order valence-corrected chi connectivity index (χ1v) is 7.17. The molecular weight excluding hydrogens is 397 g/mol. The van der Waals surface area contributed by atoms with Crippen LogP contribution < -0.4 is 0 Å². The Morgan fingerprint density at radius 3 is 1.33 bits per heavy atom. The van der Waals surface area contributed by atoms with Crippen molar-refractivity contribution in [1.29, 1.82) is 0 Å².